The van der Waals surface area contributed by atoms with E-state index in [1.54, 1.807) is 29.1 Å². The summed E-state index contributed by atoms with van der Waals surface area (Å²) in [4.78, 5) is 27.2. The Kier molecular flexibility index (Phi) is 5.51. The lowest BCUT2D eigenvalue weighted by molar-refractivity contribution is -0.165. The van der Waals surface area contributed by atoms with Gasteiger partial charge in [0.1, 0.15) is 5.75 Å². The van der Waals surface area contributed by atoms with E-state index in [0.717, 1.165) is 0 Å². The number of alkyl halides is 2. The standard InChI is InChI=1S/C24H25ClF2N4O5/c25-14-1-2-18-16(5-14)17(32)6-19(36-18)20(33)29-23-10-24(11-23,12-23)31-8-13(7-28-31)21(34)30-4-3-15(9-30)35-22(26)27/h1-2,5,7-8,15,17,19,22,32H,3-4,6,9-12H2,(H,29,33)/t15-,17-,19-,23?,24?/m1/s1. The van der Waals surface area contributed by atoms with Crippen LogP contribution in [0.25, 0.3) is 0 Å². The number of amides is 2. The maximum absolute atomic E-state index is 12.9. The number of nitrogens with one attached hydrogen (secondary N) is 1. The van der Waals surface area contributed by atoms with E-state index in [0.29, 0.717) is 54.1 Å². The third-order valence-corrected chi connectivity index (χ3v) is 8.00. The number of aliphatic hydroxyl groups is 1. The first kappa shape index (κ1) is 23.6. The van der Waals surface area contributed by atoms with Gasteiger partial charge in [-0.1, -0.05) is 11.6 Å². The number of carbonyl (C=O) groups excluding carboxylic acids is 2. The topological polar surface area (TPSA) is 106 Å². The zero-order chi connectivity index (χ0) is 25.2. The fraction of sp³-hybridized carbons (Fsp3) is 0.542. The lowest BCUT2D eigenvalue weighted by Gasteiger charge is -2.70. The highest BCUT2D eigenvalue weighted by molar-refractivity contribution is 6.30. The summed E-state index contributed by atoms with van der Waals surface area (Å²) in [5.41, 5.74) is 0.371. The lowest BCUT2D eigenvalue weighted by atomic mass is 9.44. The summed E-state index contributed by atoms with van der Waals surface area (Å²) in [7, 11) is 0. The molecule has 1 aromatic heterocycles. The Morgan fingerprint density at radius 2 is 2.08 bits per heavy atom. The summed E-state index contributed by atoms with van der Waals surface area (Å²) in [6, 6.07) is 4.95. The van der Waals surface area contributed by atoms with Crippen molar-refractivity contribution in [2.45, 2.75) is 68.1 Å². The molecule has 2 aliphatic heterocycles. The Balaban J connectivity index is 1.04. The predicted molar refractivity (Wildman–Crippen MR) is 122 cm³/mol. The van der Waals surface area contributed by atoms with E-state index in [2.05, 4.69) is 15.2 Å². The summed E-state index contributed by atoms with van der Waals surface area (Å²) < 4.78 is 37.0. The highest BCUT2D eigenvalue weighted by atomic mass is 35.5. The third-order valence-electron chi connectivity index (χ3n) is 7.76. The van der Waals surface area contributed by atoms with Crippen molar-refractivity contribution in [3.63, 3.8) is 0 Å². The van der Waals surface area contributed by atoms with E-state index in [4.69, 9.17) is 16.3 Å². The Bertz CT molecular complexity index is 1200. The molecule has 3 aliphatic carbocycles. The molecule has 2 aromatic rings. The Hall–Kier alpha value is -2.76. The van der Waals surface area contributed by atoms with Crippen molar-refractivity contribution in [3.8, 4) is 5.75 Å². The van der Waals surface area contributed by atoms with Crippen molar-refractivity contribution < 1.29 is 33.0 Å². The van der Waals surface area contributed by atoms with Gasteiger partial charge in [-0.3, -0.25) is 14.3 Å². The van der Waals surface area contributed by atoms with Crippen LogP contribution in [0.4, 0.5) is 8.78 Å². The van der Waals surface area contributed by atoms with Crippen molar-refractivity contribution in [1.29, 1.82) is 0 Å². The van der Waals surface area contributed by atoms with Crippen molar-refractivity contribution in [2.24, 2.45) is 0 Å². The van der Waals surface area contributed by atoms with E-state index < -0.39 is 24.9 Å². The number of halogens is 3. The molecular formula is C24H25ClF2N4O5. The first-order chi connectivity index (χ1) is 17.2. The zero-order valence-electron chi connectivity index (χ0n) is 19.2. The SMILES string of the molecule is O=C(NC12CC(n3cc(C(=O)N4CC[C@@H](OC(F)F)C4)cn3)(C1)C2)[C@H]1C[C@@H](O)c2cc(Cl)ccc2O1. The quantitative estimate of drug-likeness (QED) is 0.604. The number of nitrogens with zero attached hydrogens (tertiary/aromatic N) is 3. The number of aromatic nitrogens is 2. The minimum atomic E-state index is -2.85. The number of fused-ring (bicyclic) bond motifs is 1. The molecule has 0 radical (unpaired) electrons. The maximum Gasteiger partial charge on any atom is 0.345 e. The van der Waals surface area contributed by atoms with Crippen molar-refractivity contribution in [3.05, 3.63) is 46.7 Å². The highest BCUT2D eigenvalue weighted by Crippen LogP contribution is 2.65. The van der Waals surface area contributed by atoms with Gasteiger partial charge in [-0.15, -0.1) is 0 Å². The van der Waals surface area contributed by atoms with Gasteiger partial charge in [0.2, 0.25) is 0 Å². The van der Waals surface area contributed by atoms with Gasteiger partial charge in [0.25, 0.3) is 11.8 Å². The van der Waals surface area contributed by atoms with Gasteiger partial charge >= 0.3 is 6.61 Å². The number of carbonyl (C=O) groups is 2. The molecule has 9 nitrogen and oxygen atoms in total. The smallest absolute Gasteiger partial charge is 0.345 e. The van der Waals surface area contributed by atoms with Gasteiger partial charge in [0, 0.05) is 41.8 Å². The zero-order valence-corrected chi connectivity index (χ0v) is 20.0. The number of rotatable bonds is 6. The van der Waals surface area contributed by atoms with Crippen LogP contribution in [-0.2, 0) is 15.1 Å². The minimum Gasteiger partial charge on any atom is -0.480 e. The molecule has 1 saturated heterocycles. The molecule has 4 fully saturated rings. The van der Waals surface area contributed by atoms with E-state index >= 15 is 0 Å². The molecule has 3 saturated carbocycles. The Morgan fingerprint density at radius 1 is 1.31 bits per heavy atom. The number of likely N-dealkylation sites (tertiary alicyclic amines) is 1. The van der Waals surface area contributed by atoms with Crippen molar-refractivity contribution >= 4 is 23.4 Å². The van der Waals surface area contributed by atoms with Crippen LogP contribution in [0.5, 0.6) is 5.75 Å². The minimum absolute atomic E-state index is 0.129. The molecular weight excluding hydrogens is 498 g/mol. The van der Waals surface area contributed by atoms with Gasteiger partial charge in [0.05, 0.1) is 29.5 Å². The van der Waals surface area contributed by atoms with E-state index in [1.807, 2.05) is 0 Å². The molecule has 36 heavy (non-hydrogen) atoms. The monoisotopic (exact) mass is 522 g/mol. The number of benzene rings is 1. The van der Waals surface area contributed by atoms with Crippen LogP contribution >= 0.6 is 11.6 Å². The van der Waals surface area contributed by atoms with Gasteiger partial charge in [-0.05, 0) is 43.9 Å². The summed E-state index contributed by atoms with van der Waals surface area (Å²) >= 11 is 5.99. The molecule has 2 bridgehead atoms. The van der Waals surface area contributed by atoms with Crippen LogP contribution in [0.1, 0.15) is 54.1 Å². The second-order valence-electron chi connectivity index (χ2n) is 10.3. The third kappa shape index (κ3) is 3.93. The van der Waals surface area contributed by atoms with Crippen molar-refractivity contribution in [1.82, 2.24) is 20.0 Å². The normalized spacial score (nSPS) is 32.4. The van der Waals surface area contributed by atoms with Gasteiger partial charge < -0.3 is 24.8 Å². The second-order valence-corrected chi connectivity index (χ2v) is 10.7. The van der Waals surface area contributed by atoms with E-state index in [1.165, 1.54) is 11.1 Å². The number of ether oxygens (including phenoxy) is 2. The van der Waals surface area contributed by atoms with Gasteiger partial charge in [0.15, 0.2) is 6.10 Å². The summed E-state index contributed by atoms with van der Waals surface area (Å²) in [5, 5.41) is 18.4. The fourth-order valence-corrected chi connectivity index (χ4v) is 6.26. The molecule has 7 rings (SSSR count). The van der Waals surface area contributed by atoms with Crippen molar-refractivity contribution in [2.75, 3.05) is 13.1 Å². The fourth-order valence-electron chi connectivity index (χ4n) is 6.07. The van der Waals surface area contributed by atoms with Crippen LogP contribution in [-0.4, -0.2) is 69.0 Å². The Labute approximate surface area is 210 Å². The largest absolute Gasteiger partial charge is 0.480 e. The van der Waals surface area contributed by atoms with Crippen LogP contribution in [0.3, 0.4) is 0 Å². The molecule has 2 amide bonds. The average molecular weight is 523 g/mol. The predicted octanol–water partition coefficient (Wildman–Crippen LogP) is 2.62. The van der Waals surface area contributed by atoms with E-state index in [-0.39, 0.29) is 35.9 Å². The molecule has 192 valence electrons. The summed E-state index contributed by atoms with van der Waals surface area (Å²) in [5.74, 6) is -0.0779. The lowest BCUT2D eigenvalue weighted by Crippen LogP contribution is -2.79. The first-order valence-corrected chi connectivity index (χ1v) is 12.3. The molecule has 2 N–H and O–H groups in total. The first-order valence-electron chi connectivity index (χ1n) is 11.9. The van der Waals surface area contributed by atoms with Crippen LogP contribution in [0, 0.1) is 0 Å². The number of hydrogen-bond donors (Lipinski definition) is 2. The molecule has 5 aliphatic rings. The average Bonchev–Trinajstić information content (AvgIpc) is 3.44. The van der Waals surface area contributed by atoms with Gasteiger partial charge in [-0.2, -0.15) is 13.9 Å². The second kappa shape index (κ2) is 8.39. The van der Waals surface area contributed by atoms with Crippen LogP contribution in [0.15, 0.2) is 30.6 Å². The molecule has 12 heteroatoms. The summed E-state index contributed by atoms with van der Waals surface area (Å²) in [6.45, 7) is -2.36. The highest BCUT2D eigenvalue weighted by Gasteiger charge is 2.70. The van der Waals surface area contributed by atoms with Crippen LogP contribution < -0.4 is 10.1 Å². The van der Waals surface area contributed by atoms with Gasteiger partial charge in [-0.25, -0.2) is 0 Å². The molecule has 0 spiro atoms. The van der Waals surface area contributed by atoms with E-state index in [9.17, 15) is 23.5 Å². The van der Waals surface area contributed by atoms with Crippen LogP contribution in [0.2, 0.25) is 5.02 Å². The summed E-state index contributed by atoms with van der Waals surface area (Å²) in [6.07, 6.45) is 3.44. The number of hydrogen-bond acceptors (Lipinski definition) is 6. The molecule has 0 unspecified atom stereocenters. The maximum atomic E-state index is 12.9. The molecule has 3 atom stereocenters. The number of aliphatic hydroxyl groups excluding tert-OH is 1. The molecule has 1 aromatic carbocycles. The molecule has 3 heterocycles. The Morgan fingerprint density at radius 3 is 2.83 bits per heavy atom.